The Morgan fingerprint density at radius 2 is 1.85 bits per heavy atom. The first-order valence-corrected chi connectivity index (χ1v) is 9.29. The zero-order valence-corrected chi connectivity index (χ0v) is 16.2. The average molecular weight is 366 g/mol. The van der Waals surface area contributed by atoms with Crippen molar-refractivity contribution in [1.82, 2.24) is 19.7 Å². The van der Waals surface area contributed by atoms with Gasteiger partial charge in [0.1, 0.15) is 11.9 Å². The van der Waals surface area contributed by atoms with Gasteiger partial charge in [0.15, 0.2) is 0 Å². The summed E-state index contributed by atoms with van der Waals surface area (Å²) < 4.78 is 1.57. The van der Waals surface area contributed by atoms with Crippen molar-refractivity contribution in [3.05, 3.63) is 52.1 Å². The average Bonchev–Trinajstić information content (AvgIpc) is 2.67. The van der Waals surface area contributed by atoms with Crippen LogP contribution < -0.4 is 10.5 Å². The van der Waals surface area contributed by atoms with Crippen LogP contribution in [0.5, 0.6) is 0 Å². The van der Waals surface area contributed by atoms with Gasteiger partial charge in [-0.25, -0.2) is 9.67 Å². The first-order valence-electron chi connectivity index (χ1n) is 9.29. The van der Waals surface area contributed by atoms with Crippen molar-refractivity contribution in [3.63, 3.8) is 0 Å². The fourth-order valence-corrected chi connectivity index (χ4v) is 3.16. The summed E-state index contributed by atoms with van der Waals surface area (Å²) in [6, 6.07) is 9.22. The summed E-state index contributed by atoms with van der Waals surface area (Å²) in [4.78, 5) is 21.0. The van der Waals surface area contributed by atoms with Crippen molar-refractivity contribution in [1.29, 1.82) is 5.26 Å². The van der Waals surface area contributed by atoms with Gasteiger partial charge in [0.05, 0.1) is 17.8 Å². The Morgan fingerprint density at radius 3 is 2.52 bits per heavy atom. The first kappa shape index (κ1) is 19.1. The molecule has 0 aliphatic carbocycles. The standard InChI is InChI=1S/C20H26N6O/c1-20(2,3)17-6-7-18(27)26(23-17)14-11-24-9-12-25(13-10-24)19-16(15-21)5-4-8-22-19/h4-8H,9-14H2,1-3H3. The highest BCUT2D eigenvalue weighted by atomic mass is 16.1. The predicted molar refractivity (Wildman–Crippen MR) is 105 cm³/mol. The molecule has 1 fully saturated rings. The van der Waals surface area contributed by atoms with Crippen molar-refractivity contribution in [2.45, 2.75) is 32.7 Å². The van der Waals surface area contributed by atoms with Crippen LogP contribution in [0.1, 0.15) is 32.0 Å². The number of rotatable bonds is 4. The Hall–Kier alpha value is -2.72. The maximum atomic E-state index is 12.1. The Bertz CT molecular complexity index is 884. The molecule has 27 heavy (non-hydrogen) atoms. The van der Waals surface area contributed by atoms with Gasteiger partial charge in [0.25, 0.3) is 5.56 Å². The minimum absolute atomic E-state index is 0.0613. The van der Waals surface area contributed by atoms with Crippen molar-refractivity contribution in [2.75, 3.05) is 37.6 Å². The van der Waals surface area contributed by atoms with E-state index in [1.165, 1.54) is 0 Å². The third-order valence-electron chi connectivity index (χ3n) is 4.84. The Balaban J connectivity index is 1.59. The van der Waals surface area contributed by atoms with E-state index in [0.717, 1.165) is 44.2 Å². The fourth-order valence-electron chi connectivity index (χ4n) is 3.16. The molecule has 7 heteroatoms. The summed E-state index contributed by atoms with van der Waals surface area (Å²) in [6.45, 7) is 11.0. The van der Waals surface area contributed by atoms with Crippen LogP contribution in [0.3, 0.4) is 0 Å². The number of hydrogen-bond donors (Lipinski definition) is 0. The SMILES string of the molecule is CC(C)(C)c1ccc(=O)n(CCN2CCN(c3ncccc3C#N)CC2)n1. The number of aromatic nitrogens is 3. The zero-order chi connectivity index (χ0) is 19.4. The van der Waals surface area contributed by atoms with Gasteiger partial charge in [-0.1, -0.05) is 20.8 Å². The molecule has 3 rings (SSSR count). The van der Waals surface area contributed by atoms with Crippen molar-refractivity contribution in [2.24, 2.45) is 0 Å². The summed E-state index contributed by atoms with van der Waals surface area (Å²) in [6.07, 6.45) is 1.73. The van der Waals surface area contributed by atoms with Gasteiger partial charge in [-0.3, -0.25) is 9.69 Å². The Kier molecular flexibility index (Phi) is 5.57. The van der Waals surface area contributed by atoms with E-state index in [9.17, 15) is 10.1 Å². The highest BCUT2D eigenvalue weighted by molar-refractivity contribution is 5.53. The number of piperazine rings is 1. The topological polar surface area (TPSA) is 78.0 Å². The maximum absolute atomic E-state index is 12.1. The highest BCUT2D eigenvalue weighted by Crippen LogP contribution is 2.19. The van der Waals surface area contributed by atoms with Crippen molar-refractivity contribution < 1.29 is 0 Å². The smallest absolute Gasteiger partial charge is 0.266 e. The first-order chi connectivity index (χ1) is 12.9. The lowest BCUT2D eigenvalue weighted by atomic mass is 9.92. The second kappa shape index (κ2) is 7.89. The molecule has 2 aromatic heterocycles. The molecular formula is C20H26N6O. The second-order valence-corrected chi connectivity index (χ2v) is 7.85. The van der Waals surface area contributed by atoms with Crippen molar-refractivity contribution in [3.8, 4) is 6.07 Å². The molecule has 1 saturated heterocycles. The van der Waals surface area contributed by atoms with E-state index >= 15 is 0 Å². The van der Waals surface area contributed by atoms with Gasteiger partial charge in [-0.05, 0) is 18.2 Å². The molecule has 7 nitrogen and oxygen atoms in total. The number of anilines is 1. The third kappa shape index (κ3) is 4.52. The van der Waals surface area contributed by atoms with Crippen LogP contribution in [0.4, 0.5) is 5.82 Å². The molecule has 142 valence electrons. The number of nitriles is 1. The van der Waals surface area contributed by atoms with Crippen LogP contribution in [0.15, 0.2) is 35.3 Å². The molecule has 2 aromatic rings. The Labute approximate surface area is 159 Å². The lowest BCUT2D eigenvalue weighted by Gasteiger charge is -2.35. The fraction of sp³-hybridized carbons (Fsp3) is 0.500. The van der Waals surface area contributed by atoms with Gasteiger partial charge >= 0.3 is 0 Å². The number of hydrogen-bond acceptors (Lipinski definition) is 6. The van der Waals surface area contributed by atoms with E-state index < -0.39 is 0 Å². The Morgan fingerprint density at radius 1 is 1.11 bits per heavy atom. The monoisotopic (exact) mass is 366 g/mol. The second-order valence-electron chi connectivity index (χ2n) is 7.85. The van der Waals surface area contributed by atoms with Crippen LogP contribution in [0.25, 0.3) is 0 Å². The number of pyridine rings is 1. The summed E-state index contributed by atoms with van der Waals surface area (Å²) in [5.41, 5.74) is 1.39. The lowest BCUT2D eigenvalue weighted by Crippen LogP contribution is -2.48. The molecule has 0 radical (unpaired) electrons. The summed E-state index contributed by atoms with van der Waals surface area (Å²) in [5, 5.41) is 13.8. The van der Waals surface area contributed by atoms with E-state index in [1.807, 2.05) is 6.07 Å². The van der Waals surface area contributed by atoms with Gasteiger partial charge in [0, 0.05) is 50.4 Å². The third-order valence-corrected chi connectivity index (χ3v) is 4.84. The molecule has 3 heterocycles. The van der Waals surface area contributed by atoms with Crippen LogP contribution in [0, 0.1) is 11.3 Å². The van der Waals surface area contributed by atoms with Crippen LogP contribution >= 0.6 is 0 Å². The van der Waals surface area contributed by atoms with Crippen LogP contribution in [0.2, 0.25) is 0 Å². The summed E-state index contributed by atoms with van der Waals surface area (Å²) in [5.74, 6) is 0.760. The predicted octanol–water partition coefficient (Wildman–Crippen LogP) is 1.63. The van der Waals surface area contributed by atoms with Gasteiger partial charge in [-0.2, -0.15) is 10.4 Å². The lowest BCUT2D eigenvalue weighted by molar-refractivity contribution is 0.241. The van der Waals surface area contributed by atoms with E-state index in [4.69, 9.17) is 0 Å². The normalized spacial score (nSPS) is 15.6. The molecule has 0 bridgehead atoms. The van der Waals surface area contributed by atoms with E-state index in [-0.39, 0.29) is 11.0 Å². The zero-order valence-electron chi connectivity index (χ0n) is 16.2. The van der Waals surface area contributed by atoms with Crippen molar-refractivity contribution >= 4 is 5.82 Å². The molecule has 0 N–H and O–H groups in total. The van der Waals surface area contributed by atoms with Gasteiger partial charge in [-0.15, -0.1) is 0 Å². The minimum atomic E-state index is -0.0811. The number of nitrogens with zero attached hydrogens (tertiary/aromatic N) is 6. The quantitative estimate of drug-likeness (QED) is 0.818. The van der Waals surface area contributed by atoms with E-state index in [2.05, 4.69) is 46.7 Å². The molecule has 1 aliphatic heterocycles. The van der Waals surface area contributed by atoms with E-state index in [1.54, 1.807) is 29.1 Å². The molecule has 1 aliphatic rings. The molecule has 0 unspecified atom stereocenters. The molecular weight excluding hydrogens is 340 g/mol. The van der Waals surface area contributed by atoms with Gasteiger partial charge < -0.3 is 4.90 Å². The minimum Gasteiger partial charge on any atom is -0.353 e. The summed E-state index contributed by atoms with van der Waals surface area (Å²) in [7, 11) is 0. The summed E-state index contributed by atoms with van der Waals surface area (Å²) >= 11 is 0. The van der Waals surface area contributed by atoms with E-state index in [0.29, 0.717) is 12.1 Å². The van der Waals surface area contributed by atoms with Crippen LogP contribution in [-0.2, 0) is 12.0 Å². The molecule has 0 amide bonds. The maximum Gasteiger partial charge on any atom is 0.266 e. The largest absolute Gasteiger partial charge is 0.353 e. The molecule has 0 saturated carbocycles. The molecule has 0 spiro atoms. The molecule has 0 atom stereocenters. The highest BCUT2D eigenvalue weighted by Gasteiger charge is 2.21. The van der Waals surface area contributed by atoms with Gasteiger partial charge in [0.2, 0.25) is 0 Å². The van der Waals surface area contributed by atoms with Crippen LogP contribution in [-0.4, -0.2) is 52.4 Å². The molecule has 0 aromatic carbocycles.